The lowest BCUT2D eigenvalue weighted by molar-refractivity contribution is 0.453. The number of hydrogen-bond acceptors (Lipinski definition) is 6. The second-order valence-corrected chi connectivity index (χ2v) is 6.44. The smallest absolute Gasteiger partial charge is 0.287 e. The fourth-order valence-electron chi connectivity index (χ4n) is 1.64. The Morgan fingerprint density at radius 1 is 1.20 bits per heavy atom. The Balaban J connectivity index is 1.83. The lowest BCUT2D eigenvalue weighted by Crippen LogP contribution is -1.72. The van der Waals surface area contributed by atoms with Crippen LogP contribution in [0.5, 0.6) is 0 Å². The summed E-state index contributed by atoms with van der Waals surface area (Å²) < 4.78 is 24.2. The highest BCUT2D eigenvalue weighted by Crippen LogP contribution is 2.33. The average molecular weight is 310 g/mol. The first-order valence-corrected chi connectivity index (χ1v) is 8.40. The number of furan rings is 1. The van der Waals surface area contributed by atoms with Crippen LogP contribution in [0.4, 0.5) is 4.39 Å². The number of benzene rings is 1. The summed E-state index contributed by atoms with van der Waals surface area (Å²) in [5, 5.41) is 9.05. The molecule has 0 saturated carbocycles. The van der Waals surface area contributed by atoms with Crippen molar-refractivity contribution in [1.82, 2.24) is 10.2 Å². The molecule has 3 rings (SSSR count). The third kappa shape index (κ3) is 2.83. The van der Waals surface area contributed by atoms with Gasteiger partial charge in [-0.2, -0.15) is 0 Å². The Kier molecular flexibility index (Phi) is 3.98. The molecule has 0 aliphatic rings. The number of fused-ring (bicyclic) bond motifs is 1. The Labute approximate surface area is 122 Å². The fraction of sp³-hybridized carbons (Fsp3) is 0.231. The molecule has 1 aromatic carbocycles. The summed E-state index contributed by atoms with van der Waals surface area (Å²) in [5.41, 5.74) is 0.592. The van der Waals surface area contributed by atoms with Crippen LogP contribution in [0.2, 0.25) is 0 Å². The van der Waals surface area contributed by atoms with Crippen molar-refractivity contribution in [2.75, 3.05) is 5.75 Å². The minimum absolute atomic E-state index is 0.303. The van der Waals surface area contributed by atoms with Crippen LogP contribution in [0.1, 0.15) is 13.3 Å². The lowest BCUT2D eigenvalue weighted by Gasteiger charge is -1.91. The largest absolute Gasteiger partial charge is 0.451 e. The molecule has 0 aliphatic heterocycles. The van der Waals surface area contributed by atoms with Gasteiger partial charge in [0.2, 0.25) is 0 Å². The third-order valence-electron chi connectivity index (χ3n) is 2.51. The van der Waals surface area contributed by atoms with Gasteiger partial charge >= 0.3 is 0 Å². The number of halogens is 1. The number of rotatable bonds is 5. The molecule has 0 atom stereocenters. The predicted octanol–water partition coefficient (Wildman–Crippen LogP) is 4.77. The SMILES string of the molecule is CCCSSc1nnc(-c2cc3cc(F)ccc3o2)o1. The summed E-state index contributed by atoms with van der Waals surface area (Å²) in [7, 11) is 3.11. The van der Waals surface area contributed by atoms with Crippen molar-refractivity contribution < 1.29 is 13.2 Å². The molecule has 2 heterocycles. The molecule has 7 heteroatoms. The molecule has 0 radical (unpaired) electrons. The monoisotopic (exact) mass is 310 g/mol. The van der Waals surface area contributed by atoms with E-state index in [1.807, 2.05) is 0 Å². The highest BCUT2D eigenvalue weighted by Gasteiger charge is 2.14. The first kappa shape index (κ1) is 13.5. The van der Waals surface area contributed by atoms with Gasteiger partial charge in [-0.3, -0.25) is 0 Å². The van der Waals surface area contributed by atoms with E-state index in [1.54, 1.807) is 22.9 Å². The zero-order valence-corrected chi connectivity index (χ0v) is 12.3. The molecule has 0 spiro atoms. The highest BCUT2D eigenvalue weighted by molar-refractivity contribution is 8.76. The minimum atomic E-state index is -0.303. The maximum absolute atomic E-state index is 13.1. The van der Waals surface area contributed by atoms with Gasteiger partial charge in [0.05, 0.1) is 0 Å². The standard InChI is InChI=1S/C13H11FN2O2S2/c1-2-5-19-20-13-16-15-12(18-13)11-7-8-6-9(14)3-4-10(8)17-11/h3-4,6-7H,2,5H2,1H3. The van der Waals surface area contributed by atoms with Gasteiger partial charge in [-0.1, -0.05) is 22.8 Å². The Hall–Kier alpha value is -1.47. The zero-order valence-electron chi connectivity index (χ0n) is 10.6. The van der Waals surface area contributed by atoms with E-state index in [1.165, 1.54) is 22.9 Å². The van der Waals surface area contributed by atoms with Gasteiger partial charge < -0.3 is 8.83 Å². The summed E-state index contributed by atoms with van der Waals surface area (Å²) in [6.07, 6.45) is 1.09. The van der Waals surface area contributed by atoms with E-state index in [0.29, 0.717) is 27.8 Å². The van der Waals surface area contributed by atoms with Crippen LogP contribution < -0.4 is 0 Å². The third-order valence-corrected chi connectivity index (χ3v) is 4.79. The molecular formula is C13H11FN2O2S2. The number of nitrogens with zero attached hydrogens (tertiary/aromatic N) is 2. The number of hydrogen-bond donors (Lipinski definition) is 0. The maximum atomic E-state index is 13.1. The van der Waals surface area contributed by atoms with Crippen molar-refractivity contribution in [3.8, 4) is 11.7 Å². The topological polar surface area (TPSA) is 52.1 Å². The lowest BCUT2D eigenvalue weighted by atomic mass is 10.2. The minimum Gasteiger partial charge on any atom is -0.451 e. The Bertz CT molecular complexity index is 726. The molecule has 0 unspecified atom stereocenters. The van der Waals surface area contributed by atoms with Crippen LogP contribution in [-0.2, 0) is 0 Å². The molecule has 0 aliphatic carbocycles. The summed E-state index contributed by atoms with van der Waals surface area (Å²) in [4.78, 5) is 0. The first-order valence-electron chi connectivity index (χ1n) is 6.08. The van der Waals surface area contributed by atoms with Crippen LogP contribution >= 0.6 is 21.6 Å². The van der Waals surface area contributed by atoms with Gasteiger partial charge in [0, 0.05) is 21.9 Å². The van der Waals surface area contributed by atoms with E-state index >= 15 is 0 Å². The molecule has 4 nitrogen and oxygen atoms in total. The van der Waals surface area contributed by atoms with Crippen LogP contribution in [0.25, 0.3) is 22.6 Å². The first-order chi connectivity index (χ1) is 9.76. The molecule has 0 amide bonds. The van der Waals surface area contributed by atoms with Crippen LogP contribution in [0, 0.1) is 5.82 Å². The van der Waals surface area contributed by atoms with Crippen molar-refractivity contribution >= 4 is 32.6 Å². The van der Waals surface area contributed by atoms with E-state index < -0.39 is 0 Å². The molecule has 0 bridgehead atoms. The predicted molar refractivity (Wildman–Crippen MR) is 78.1 cm³/mol. The van der Waals surface area contributed by atoms with Crippen LogP contribution in [0.3, 0.4) is 0 Å². The van der Waals surface area contributed by atoms with E-state index in [9.17, 15) is 4.39 Å². The summed E-state index contributed by atoms with van der Waals surface area (Å²) in [6.45, 7) is 2.11. The normalized spacial score (nSPS) is 11.3. The highest BCUT2D eigenvalue weighted by atomic mass is 33.1. The van der Waals surface area contributed by atoms with Gasteiger partial charge in [-0.25, -0.2) is 4.39 Å². The summed E-state index contributed by atoms with van der Waals surface area (Å²) in [6, 6.07) is 6.04. The molecule has 2 aromatic heterocycles. The van der Waals surface area contributed by atoms with Gasteiger partial charge in [0.15, 0.2) is 5.76 Å². The van der Waals surface area contributed by atoms with E-state index in [-0.39, 0.29) is 5.82 Å². The molecule has 0 fully saturated rings. The van der Waals surface area contributed by atoms with E-state index in [2.05, 4.69) is 17.1 Å². The van der Waals surface area contributed by atoms with Gasteiger partial charge in [-0.15, -0.1) is 5.10 Å². The van der Waals surface area contributed by atoms with Crippen molar-refractivity contribution in [3.05, 3.63) is 30.1 Å². The zero-order chi connectivity index (χ0) is 13.9. The van der Waals surface area contributed by atoms with Crippen LogP contribution in [-0.4, -0.2) is 16.0 Å². The average Bonchev–Trinajstić information content (AvgIpc) is 3.04. The second-order valence-electron chi connectivity index (χ2n) is 4.07. The van der Waals surface area contributed by atoms with E-state index in [4.69, 9.17) is 8.83 Å². The maximum Gasteiger partial charge on any atom is 0.287 e. The molecule has 0 N–H and O–H groups in total. The van der Waals surface area contributed by atoms with Gasteiger partial charge in [0.25, 0.3) is 11.1 Å². The fourth-order valence-corrected chi connectivity index (χ4v) is 3.43. The van der Waals surface area contributed by atoms with Crippen molar-refractivity contribution in [2.24, 2.45) is 0 Å². The van der Waals surface area contributed by atoms with Crippen molar-refractivity contribution in [1.29, 1.82) is 0 Å². The number of aromatic nitrogens is 2. The summed E-state index contributed by atoms with van der Waals surface area (Å²) in [5.74, 6) is 1.47. The van der Waals surface area contributed by atoms with Gasteiger partial charge in [0.1, 0.15) is 11.4 Å². The van der Waals surface area contributed by atoms with Crippen molar-refractivity contribution in [3.63, 3.8) is 0 Å². The second kappa shape index (κ2) is 5.88. The Morgan fingerprint density at radius 3 is 2.95 bits per heavy atom. The Morgan fingerprint density at radius 2 is 2.10 bits per heavy atom. The van der Waals surface area contributed by atoms with E-state index in [0.717, 1.165) is 12.2 Å². The molecule has 20 heavy (non-hydrogen) atoms. The van der Waals surface area contributed by atoms with Crippen molar-refractivity contribution in [2.45, 2.75) is 18.6 Å². The van der Waals surface area contributed by atoms with Gasteiger partial charge in [-0.05, 0) is 30.7 Å². The molecule has 3 aromatic rings. The summed E-state index contributed by atoms with van der Waals surface area (Å²) >= 11 is 0. The molecular weight excluding hydrogens is 299 g/mol. The quantitative estimate of drug-likeness (QED) is 0.499. The van der Waals surface area contributed by atoms with Crippen LogP contribution in [0.15, 0.2) is 38.3 Å². The molecule has 0 saturated heterocycles. The molecule has 104 valence electrons.